The van der Waals surface area contributed by atoms with Crippen molar-refractivity contribution in [2.24, 2.45) is 4.99 Å². The maximum Gasteiger partial charge on any atom is 0.339 e. The Balaban J connectivity index is 2.37. The number of hydrogen-bond acceptors (Lipinski definition) is 5. The predicted octanol–water partition coefficient (Wildman–Crippen LogP) is 5.99. The van der Waals surface area contributed by atoms with Crippen LogP contribution in [-0.2, 0) is 9.53 Å². The van der Waals surface area contributed by atoms with Crippen LogP contribution >= 0.6 is 22.9 Å². The number of aromatic carboxylic acids is 1. The fourth-order valence-electron chi connectivity index (χ4n) is 2.34. The van der Waals surface area contributed by atoms with E-state index in [1.165, 1.54) is 6.92 Å². The number of allylic oxidation sites excluding steroid dienone is 5. The van der Waals surface area contributed by atoms with Crippen LogP contribution in [0, 0.1) is 0 Å². The second kappa shape index (κ2) is 10.6. The summed E-state index contributed by atoms with van der Waals surface area (Å²) in [4.78, 5) is 28.1. The van der Waals surface area contributed by atoms with Crippen LogP contribution in [0.5, 0.6) is 0 Å². The van der Waals surface area contributed by atoms with Crippen molar-refractivity contribution in [2.45, 2.75) is 6.92 Å². The highest BCUT2D eigenvalue weighted by molar-refractivity contribution is 7.15. The molecule has 2 rings (SSSR count). The van der Waals surface area contributed by atoms with E-state index in [1.54, 1.807) is 29.6 Å². The molecule has 2 N–H and O–H groups in total. The number of hydrogen-bond donors (Lipinski definition) is 2. The van der Waals surface area contributed by atoms with E-state index in [4.69, 9.17) is 16.3 Å². The van der Waals surface area contributed by atoms with Crippen molar-refractivity contribution in [1.29, 1.82) is 0 Å². The van der Waals surface area contributed by atoms with E-state index in [2.05, 4.69) is 16.9 Å². The Kier molecular flexibility index (Phi) is 8.23. The molecule has 0 saturated carbocycles. The molecule has 10 heteroatoms. The summed E-state index contributed by atoms with van der Waals surface area (Å²) < 4.78 is 32.0. The summed E-state index contributed by atoms with van der Waals surface area (Å²) in [6.07, 6.45) is 1.36. The van der Waals surface area contributed by atoms with Gasteiger partial charge >= 0.3 is 11.9 Å². The summed E-state index contributed by atoms with van der Waals surface area (Å²) in [5.41, 5.74) is 0.518. The van der Waals surface area contributed by atoms with E-state index in [-0.39, 0.29) is 16.3 Å². The molecule has 31 heavy (non-hydrogen) atoms. The molecule has 0 bridgehead atoms. The van der Waals surface area contributed by atoms with Gasteiger partial charge < -0.3 is 15.2 Å². The van der Waals surface area contributed by atoms with Crippen molar-refractivity contribution in [2.75, 3.05) is 12.4 Å². The molecule has 0 unspecified atom stereocenters. The van der Waals surface area contributed by atoms with Crippen molar-refractivity contribution in [3.8, 4) is 11.1 Å². The lowest BCUT2D eigenvalue weighted by atomic mass is 10.0. The minimum atomic E-state index is -1.26. The van der Waals surface area contributed by atoms with Gasteiger partial charge in [0, 0.05) is 22.0 Å². The van der Waals surface area contributed by atoms with Gasteiger partial charge in [-0.25, -0.2) is 18.6 Å². The molecule has 0 radical (unpaired) electrons. The highest BCUT2D eigenvalue weighted by Gasteiger charge is 2.23. The van der Waals surface area contributed by atoms with Crippen LogP contribution in [0.25, 0.3) is 11.1 Å². The highest BCUT2D eigenvalue weighted by Crippen LogP contribution is 2.36. The van der Waals surface area contributed by atoms with E-state index in [1.807, 2.05) is 0 Å². The van der Waals surface area contributed by atoms with Gasteiger partial charge in [-0.3, -0.25) is 4.79 Å². The zero-order valence-corrected chi connectivity index (χ0v) is 18.0. The Morgan fingerprint density at radius 2 is 1.94 bits per heavy atom. The van der Waals surface area contributed by atoms with Gasteiger partial charge in [0.2, 0.25) is 0 Å². The molecule has 0 aliphatic heterocycles. The first kappa shape index (κ1) is 24.0. The maximum atomic E-state index is 13.9. The number of thiophene rings is 1. The van der Waals surface area contributed by atoms with Crippen LogP contribution < -0.4 is 5.32 Å². The van der Waals surface area contributed by atoms with Gasteiger partial charge in [0.15, 0.2) is 0 Å². The quantitative estimate of drug-likeness (QED) is 0.311. The van der Waals surface area contributed by atoms with E-state index < -0.39 is 29.4 Å². The van der Waals surface area contributed by atoms with Gasteiger partial charge in [-0.15, -0.1) is 11.3 Å². The zero-order valence-electron chi connectivity index (χ0n) is 16.4. The van der Waals surface area contributed by atoms with E-state index in [0.717, 1.165) is 24.5 Å². The van der Waals surface area contributed by atoms with E-state index in [0.29, 0.717) is 22.2 Å². The first-order valence-corrected chi connectivity index (χ1v) is 9.84. The molecule has 0 saturated heterocycles. The molecule has 0 aliphatic carbocycles. The van der Waals surface area contributed by atoms with Crippen molar-refractivity contribution in [3.05, 3.63) is 76.3 Å². The Morgan fingerprint density at radius 1 is 1.29 bits per heavy atom. The lowest BCUT2D eigenvalue weighted by Gasteiger charge is -2.08. The summed E-state index contributed by atoms with van der Waals surface area (Å²) in [6, 6.07) is 6.53. The Labute approximate surface area is 185 Å². The monoisotopic (exact) mass is 466 g/mol. The maximum absolute atomic E-state index is 13.9. The van der Waals surface area contributed by atoms with Crippen LogP contribution in [0.4, 0.5) is 13.8 Å². The second-order valence-electron chi connectivity index (χ2n) is 5.91. The van der Waals surface area contributed by atoms with E-state index in [9.17, 15) is 23.5 Å². The molecule has 1 amide bonds. The Hall–Kier alpha value is -3.30. The average molecular weight is 467 g/mol. The number of ether oxygens (including phenoxy) is 1. The number of aliphatic imine (C=N–C) groups is 1. The third kappa shape index (κ3) is 6.09. The molecular formula is C21H17ClF2N2O4S. The summed E-state index contributed by atoms with van der Waals surface area (Å²) in [5, 5.41) is 14.1. The minimum absolute atomic E-state index is 0.0342. The topological polar surface area (TPSA) is 88.0 Å². The van der Waals surface area contributed by atoms with Crippen molar-refractivity contribution in [3.63, 3.8) is 0 Å². The Morgan fingerprint density at radius 3 is 2.48 bits per heavy atom. The summed E-state index contributed by atoms with van der Waals surface area (Å²) in [6.45, 7) is 4.37. The first-order valence-electron chi connectivity index (χ1n) is 8.58. The largest absolute Gasteiger partial charge is 0.478 e. The third-order valence-electron chi connectivity index (χ3n) is 3.85. The lowest BCUT2D eigenvalue weighted by Crippen LogP contribution is -2.25. The minimum Gasteiger partial charge on any atom is -0.478 e. The molecule has 0 aliphatic rings. The highest BCUT2D eigenvalue weighted by atomic mass is 35.5. The normalized spacial score (nSPS) is 12.8. The fraction of sp³-hybridized carbons (Fsp3) is 0.0952. The number of benzene rings is 1. The number of methoxy groups -OCH3 is 1. The van der Waals surface area contributed by atoms with Gasteiger partial charge in [-0.2, -0.15) is 0 Å². The standard InChI is InChI=1S/C21H17ClF2N2O4S/c1-4-14(23)9-16(24)11(2)25-19(30-3)18(27)26-20-17(21(28)29)15(10-31-20)12-5-7-13(22)8-6-12/h4-10H,1H2,2-3H3,(H,26,27)(H,28,29)/b14-9+,16-11-,25-19?. The number of nitrogens with one attached hydrogen (secondary N) is 1. The second-order valence-corrected chi connectivity index (χ2v) is 7.22. The number of anilines is 1. The number of rotatable bonds is 6. The van der Waals surface area contributed by atoms with Gasteiger partial charge in [0.25, 0.3) is 5.90 Å². The molecule has 0 atom stereocenters. The van der Waals surface area contributed by atoms with Crippen molar-refractivity contribution in [1.82, 2.24) is 0 Å². The molecule has 1 aromatic heterocycles. The van der Waals surface area contributed by atoms with Gasteiger partial charge in [-0.1, -0.05) is 30.3 Å². The van der Waals surface area contributed by atoms with Gasteiger partial charge in [-0.05, 0) is 30.7 Å². The molecule has 1 aromatic carbocycles. The Bertz CT molecular complexity index is 1110. The molecule has 1 heterocycles. The van der Waals surface area contributed by atoms with Crippen molar-refractivity contribution < 1.29 is 28.2 Å². The molecule has 0 fully saturated rings. The smallest absolute Gasteiger partial charge is 0.339 e. The van der Waals surface area contributed by atoms with Crippen LogP contribution in [-0.4, -0.2) is 30.0 Å². The molecular weight excluding hydrogens is 450 g/mol. The number of carboxylic acids is 1. The average Bonchev–Trinajstić information content (AvgIpc) is 3.15. The molecule has 0 spiro atoms. The summed E-state index contributed by atoms with van der Waals surface area (Å²) in [7, 11) is 1.13. The number of carbonyl (C=O) groups excluding carboxylic acids is 1. The number of nitrogens with zero attached hydrogens (tertiary/aromatic N) is 1. The number of halogens is 3. The van der Waals surface area contributed by atoms with Crippen molar-refractivity contribution >= 4 is 45.7 Å². The number of amides is 1. The molecule has 6 nitrogen and oxygen atoms in total. The van der Waals surface area contributed by atoms with Crippen LogP contribution in [0.2, 0.25) is 5.02 Å². The van der Waals surface area contributed by atoms with E-state index >= 15 is 0 Å². The summed E-state index contributed by atoms with van der Waals surface area (Å²) >= 11 is 6.85. The number of carbonyl (C=O) groups is 2. The van der Waals surface area contributed by atoms with Crippen LogP contribution in [0.3, 0.4) is 0 Å². The SMILES string of the molecule is C=C/C(F)=C\C(F)=C(/C)N=C(OC)C(=O)Nc1scc(-c2ccc(Cl)cc2)c1C(=O)O. The third-order valence-corrected chi connectivity index (χ3v) is 5.00. The van der Waals surface area contributed by atoms with Crippen LogP contribution in [0.15, 0.2) is 70.7 Å². The predicted molar refractivity (Wildman–Crippen MR) is 118 cm³/mol. The van der Waals surface area contributed by atoms with Crippen LogP contribution in [0.1, 0.15) is 17.3 Å². The fourth-order valence-corrected chi connectivity index (χ4v) is 3.42. The van der Waals surface area contributed by atoms with Gasteiger partial charge in [0.05, 0.1) is 12.8 Å². The van der Waals surface area contributed by atoms with Gasteiger partial charge in [0.1, 0.15) is 22.2 Å². The first-order chi connectivity index (χ1) is 14.7. The summed E-state index contributed by atoms with van der Waals surface area (Å²) in [5.74, 6) is -4.67. The zero-order chi connectivity index (χ0) is 23.1. The number of carboxylic acid groups (broad SMARTS) is 1. The molecule has 162 valence electrons. The lowest BCUT2D eigenvalue weighted by molar-refractivity contribution is -0.111. The molecule has 2 aromatic rings.